The summed E-state index contributed by atoms with van der Waals surface area (Å²) in [6, 6.07) is 7.50. The number of amides is 1. The Morgan fingerprint density at radius 3 is 2.73 bits per heavy atom. The Bertz CT molecular complexity index is 662. The predicted octanol–water partition coefficient (Wildman–Crippen LogP) is 4.24. The summed E-state index contributed by atoms with van der Waals surface area (Å²) in [5, 5.41) is 6.74. The van der Waals surface area contributed by atoms with Crippen molar-refractivity contribution in [2.75, 3.05) is 11.9 Å². The van der Waals surface area contributed by atoms with Crippen LogP contribution in [0.2, 0.25) is 5.02 Å². The van der Waals surface area contributed by atoms with Gasteiger partial charge in [0.25, 0.3) is 5.91 Å². The number of anilines is 2. The standard InChI is InChI=1S/C17H20ClN3O/c1-4-6-20-17(22)15-10-13(5-7-19-15)21-16-12(3)8-11(2)9-14(16)18/h5,7-10H,4,6H2,1-3H3,(H,19,21)(H,20,22). The van der Waals surface area contributed by atoms with Crippen LogP contribution in [0, 0.1) is 13.8 Å². The highest BCUT2D eigenvalue weighted by Crippen LogP contribution is 2.30. The van der Waals surface area contributed by atoms with Gasteiger partial charge in [-0.1, -0.05) is 24.6 Å². The second-order valence-electron chi connectivity index (χ2n) is 5.25. The number of pyridine rings is 1. The SMILES string of the molecule is CCCNC(=O)c1cc(Nc2c(C)cc(C)cc2Cl)ccn1. The van der Waals surface area contributed by atoms with E-state index >= 15 is 0 Å². The zero-order chi connectivity index (χ0) is 16.1. The van der Waals surface area contributed by atoms with Gasteiger partial charge >= 0.3 is 0 Å². The van der Waals surface area contributed by atoms with Gasteiger partial charge in [-0.3, -0.25) is 9.78 Å². The first-order chi connectivity index (χ1) is 10.5. The van der Waals surface area contributed by atoms with E-state index in [2.05, 4.69) is 21.7 Å². The molecule has 0 radical (unpaired) electrons. The van der Waals surface area contributed by atoms with Crippen molar-refractivity contribution in [2.45, 2.75) is 27.2 Å². The molecule has 0 bridgehead atoms. The van der Waals surface area contributed by atoms with E-state index in [0.717, 1.165) is 28.9 Å². The number of carbonyl (C=O) groups is 1. The molecule has 0 aliphatic rings. The molecule has 4 nitrogen and oxygen atoms in total. The number of halogens is 1. The number of nitrogens with zero attached hydrogens (tertiary/aromatic N) is 1. The van der Waals surface area contributed by atoms with Crippen LogP contribution in [0.15, 0.2) is 30.5 Å². The van der Waals surface area contributed by atoms with Gasteiger partial charge in [0.1, 0.15) is 5.69 Å². The fourth-order valence-corrected chi connectivity index (χ4v) is 2.55. The van der Waals surface area contributed by atoms with Crippen molar-refractivity contribution in [3.63, 3.8) is 0 Å². The molecule has 0 spiro atoms. The average molecular weight is 318 g/mol. The van der Waals surface area contributed by atoms with Crippen molar-refractivity contribution in [1.82, 2.24) is 10.3 Å². The van der Waals surface area contributed by atoms with Crippen molar-refractivity contribution in [3.8, 4) is 0 Å². The van der Waals surface area contributed by atoms with Crippen LogP contribution in [0.4, 0.5) is 11.4 Å². The fourth-order valence-electron chi connectivity index (χ4n) is 2.18. The minimum atomic E-state index is -0.169. The molecular formula is C17H20ClN3O. The van der Waals surface area contributed by atoms with Crippen LogP contribution in [-0.2, 0) is 0 Å². The van der Waals surface area contributed by atoms with Gasteiger partial charge in [-0.15, -0.1) is 0 Å². The molecule has 0 fully saturated rings. The molecule has 116 valence electrons. The third-order valence-corrected chi connectivity index (χ3v) is 3.53. The lowest BCUT2D eigenvalue weighted by molar-refractivity contribution is 0.0949. The summed E-state index contributed by atoms with van der Waals surface area (Å²) in [7, 11) is 0. The number of nitrogens with one attached hydrogen (secondary N) is 2. The lowest BCUT2D eigenvalue weighted by Gasteiger charge is -2.13. The predicted molar refractivity (Wildman–Crippen MR) is 91.1 cm³/mol. The number of carbonyl (C=O) groups excluding carboxylic acids is 1. The Balaban J connectivity index is 2.22. The summed E-state index contributed by atoms with van der Waals surface area (Å²) < 4.78 is 0. The van der Waals surface area contributed by atoms with Crippen molar-refractivity contribution in [2.24, 2.45) is 0 Å². The van der Waals surface area contributed by atoms with Gasteiger partial charge in [-0.25, -0.2) is 0 Å². The molecule has 0 aliphatic heterocycles. The molecule has 5 heteroatoms. The maximum Gasteiger partial charge on any atom is 0.269 e. The van der Waals surface area contributed by atoms with E-state index < -0.39 is 0 Å². The van der Waals surface area contributed by atoms with Crippen LogP contribution in [0.1, 0.15) is 35.0 Å². The quantitative estimate of drug-likeness (QED) is 0.867. The maximum absolute atomic E-state index is 12.0. The first kappa shape index (κ1) is 16.3. The lowest BCUT2D eigenvalue weighted by Crippen LogP contribution is -2.24. The zero-order valence-electron chi connectivity index (χ0n) is 13.0. The molecule has 0 saturated heterocycles. The van der Waals surface area contributed by atoms with Gasteiger partial charge < -0.3 is 10.6 Å². The highest BCUT2D eigenvalue weighted by Gasteiger charge is 2.09. The Morgan fingerprint density at radius 1 is 1.27 bits per heavy atom. The van der Waals surface area contributed by atoms with Crippen molar-refractivity contribution >= 4 is 28.9 Å². The zero-order valence-corrected chi connectivity index (χ0v) is 13.8. The number of hydrogen-bond donors (Lipinski definition) is 2. The molecule has 1 amide bonds. The monoisotopic (exact) mass is 317 g/mol. The van der Waals surface area contributed by atoms with Crippen molar-refractivity contribution in [3.05, 3.63) is 52.3 Å². The smallest absolute Gasteiger partial charge is 0.269 e. The second kappa shape index (κ2) is 7.27. The Morgan fingerprint density at radius 2 is 2.05 bits per heavy atom. The molecule has 2 rings (SSSR count). The molecule has 0 aliphatic carbocycles. The van der Waals surface area contributed by atoms with E-state index in [1.165, 1.54) is 0 Å². The number of aryl methyl sites for hydroxylation is 2. The number of benzene rings is 1. The molecule has 2 aromatic rings. The van der Waals surface area contributed by atoms with E-state index in [1.54, 1.807) is 12.3 Å². The van der Waals surface area contributed by atoms with Gasteiger partial charge in [0.05, 0.1) is 10.7 Å². The van der Waals surface area contributed by atoms with Crippen LogP contribution in [0.25, 0.3) is 0 Å². The summed E-state index contributed by atoms with van der Waals surface area (Å²) in [4.78, 5) is 16.1. The van der Waals surface area contributed by atoms with Crippen LogP contribution >= 0.6 is 11.6 Å². The Kier molecular flexibility index (Phi) is 5.39. The molecule has 1 heterocycles. The Labute approximate surface area is 135 Å². The van der Waals surface area contributed by atoms with E-state index in [1.807, 2.05) is 32.9 Å². The average Bonchev–Trinajstić information content (AvgIpc) is 2.48. The van der Waals surface area contributed by atoms with Crippen LogP contribution in [0.3, 0.4) is 0 Å². The number of aromatic nitrogens is 1. The minimum Gasteiger partial charge on any atom is -0.354 e. The van der Waals surface area contributed by atoms with E-state index in [4.69, 9.17) is 11.6 Å². The third-order valence-electron chi connectivity index (χ3n) is 3.23. The molecule has 1 aromatic carbocycles. The van der Waals surface area contributed by atoms with E-state index in [-0.39, 0.29) is 5.91 Å². The summed E-state index contributed by atoms with van der Waals surface area (Å²) in [6.45, 7) is 6.65. The Hall–Kier alpha value is -2.07. The van der Waals surface area contributed by atoms with Crippen LogP contribution in [0.5, 0.6) is 0 Å². The van der Waals surface area contributed by atoms with E-state index in [9.17, 15) is 4.79 Å². The normalized spacial score (nSPS) is 10.4. The first-order valence-electron chi connectivity index (χ1n) is 7.29. The van der Waals surface area contributed by atoms with Crippen LogP contribution < -0.4 is 10.6 Å². The highest BCUT2D eigenvalue weighted by atomic mass is 35.5. The molecule has 0 saturated carbocycles. The highest BCUT2D eigenvalue weighted by molar-refractivity contribution is 6.33. The molecule has 0 unspecified atom stereocenters. The van der Waals surface area contributed by atoms with Gasteiger partial charge in [-0.05, 0) is 49.6 Å². The topological polar surface area (TPSA) is 54.0 Å². The van der Waals surface area contributed by atoms with Crippen LogP contribution in [-0.4, -0.2) is 17.4 Å². The van der Waals surface area contributed by atoms with Gasteiger partial charge in [-0.2, -0.15) is 0 Å². The second-order valence-corrected chi connectivity index (χ2v) is 5.66. The molecule has 1 aromatic heterocycles. The summed E-state index contributed by atoms with van der Waals surface area (Å²) in [6.07, 6.45) is 2.50. The first-order valence-corrected chi connectivity index (χ1v) is 7.67. The number of rotatable bonds is 5. The summed E-state index contributed by atoms with van der Waals surface area (Å²) >= 11 is 6.30. The summed E-state index contributed by atoms with van der Waals surface area (Å²) in [5.41, 5.74) is 4.18. The lowest BCUT2D eigenvalue weighted by atomic mass is 10.1. The maximum atomic E-state index is 12.0. The molecule has 0 atom stereocenters. The molecule has 2 N–H and O–H groups in total. The molecule has 22 heavy (non-hydrogen) atoms. The largest absolute Gasteiger partial charge is 0.354 e. The van der Waals surface area contributed by atoms with E-state index in [0.29, 0.717) is 17.3 Å². The van der Waals surface area contributed by atoms with Crippen molar-refractivity contribution < 1.29 is 4.79 Å². The summed E-state index contributed by atoms with van der Waals surface area (Å²) in [5.74, 6) is -0.169. The third kappa shape index (κ3) is 3.98. The molecular weight excluding hydrogens is 298 g/mol. The minimum absolute atomic E-state index is 0.169. The van der Waals surface area contributed by atoms with Crippen molar-refractivity contribution in [1.29, 1.82) is 0 Å². The van der Waals surface area contributed by atoms with Gasteiger partial charge in [0, 0.05) is 18.4 Å². The number of hydrogen-bond acceptors (Lipinski definition) is 3. The fraction of sp³-hybridized carbons (Fsp3) is 0.294. The van der Waals surface area contributed by atoms with Gasteiger partial charge in [0.2, 0.25) is 0 Å². The van der Waals surface area contributed by atoms with Gasteiger partial charge in [0.15, 0.2) is 0 Å².